The second kappa shape index (κ2) is 5.41. The Morgan fingerprint density at radius 1 is 1.42 bits per heavy atom. The molecule has 19 heavy (non-hydrogen) atoms. The summed E-state index contributed by atoms with van der Waals surface area (Å²) in [4.78, 5) is 4.13. The second-order valence-electron chi connectivity index (χ2n) is 3.98. The number of nitrogens with zero attached hydrogens (tertiary/aromatic N) is 2. The fraction of sp³-hybridized carbons (Fsp3) is 0.250. The molecule has 0 saturated carbocycles. The van der Waals surface area contributed by atoms with Crippen LogP contribution >= 0.6 is 0 Å². The van der Waals surface area contributed by atoms with Gasteiger partial charge in [-0.3, -0.25) is 4.72 Å². The fourth-order valence-corrected chi connectivity index (χ4v) is 2.83. The molecule has 2 heterocycles. The van der Waals surface area contributed by atoms with Gasteiger partial charge in [0.1, 0.15) is 10.7 Å². The summed E-state index contributed by atoms with van der Waals surface area (Å²) in [5, 5.41) is 0. The van der Waals surface area contributed by atoms with Crippen molar-refractivity contribution in [1.29, 1.82) is 0 Å². The van der Waals surface area contributed by atoms with E-state index in [1.807, 2.05) is 11.5 Å². The van der Waals surface area contributed by atoms with Gasteiger partial charge in [0.15, 0.2) is 0 Å². The largest absolute Gasteiger partial charge is 0.349 e. The topological polar surface area (TPSA) is 90.0 Å². The van der Waals surface area contributed by atoms with Gasteiger partial charge in [-0.2, -0.15) is 0 Å². The van der Waals surface area contributed by atoms with Crippen molar-refractivity contribution in [1.82, 2.24) is 9.55 Å². The molecule has 0 radical (unpaired) electrons. The van der Waals surface area contributed by atoms with E-state index < -0.39 is 10.0 Å². The molecule has 7 heteroatoms. The third-order valence-corrected chi connectivity index (χ3v) is 4.05. The van der Waals surface area contributed by atoms with Gasteiger partial charge in [-0.05, 0) is 25.1 Å². The SMILES string of the molecule is CCn1cc(S(=O)(=O)Nc2ccccn2)cc1CN. The van der Waals surface area contributed by atoms with Gasteiger partial charge in [-0.25, -0.2) is 13.4 Å². The lowest BCUT2D eigenvalue weighted by atomic mass is 10.4. The number of nitrogens with two attached hydrogens (primary N) is 1. The highest BCUT2D eigenvalue weighted by atomic mass is 32.2. The van der Waals surface area contributed by atoms with Gasteiger partial charge >= 0.3 is 0 Å². The smallest absolute Gasteiger partial charge is 0.264 e. The number of hydrogen-bond donors (Lipinski definition) is 2. The Morgan fingerprint density at radius 3 is 2.74 bits per heavy atom. The zero-order valence-electron chi connectivity index (χ0n) is 10.6. The Morgan fingerprint density at radius 2 is 2.21 bits per heavy atom. The predicted molar refractivity (Wildman–Crippen MR) is 73.0 cm³/mol. The Kier molecular flexibility index (Phi) is 3.87. The van der Waals surface area contributed by atoms with Gasteiger partial charge in [0.05, 0.1) is 0 Å². The number of nitrogens with one attached hydrogen (secondary N) is 1. The van der Waals surface area contributed by atoms with Crippen molar-refractivity contribution in [2.75, 3.05) is 4.72 Å². The number of sulfonamides is 1. The van der Waals surface area contributed by atoms with E-state index in [0.717, 1.165) is 5.69 Å². The first-order valence-electron chi connectivity index (χ1n) is 5.90. The maximum absolute atomic E-state index is 12.2. The van der Waals surface area contributed by atoms with Crippen LogP contribution in [0.5, 0.6) is 0 Å². The highest BCUT2D eigenvalue weighted by molar-refractivity contribution is 7.92. The van der Waals surface area contributed by atoms with Gasteiger partial charge < -0.3 is 10.3 Å². The second-order valence-corrected chi connectivity index (χ2v) is 5.66. The maximum Gasteiger partial charge on any atom is 0.264 e. The standard InChI is InChI=1S/C12H16N4O2S/c1-2-16-9-11(7-10(16)8-13)19(17,18)15-12-5-3-4-6-14-12/h3-7,9H,2,8,13H2,1H3,(H,14,15). The Labute approximate surface area is 112 Å². The minimum Gasteiger partial charge on any atom is -0.349 e. The number of aryl methyl sites for hydroxylation is 1. The van der Waals surface area contributed by atoms with E-state index in [1.54, 1.807) is 30.5 Å². The van der Waals surface area contributed by atoms with Crippen LogP contribution < -0.4 is 10.5 Å². The molecule has 2 aromatic rings. The highest BCUT2D eigenvalue weighted by Crippen LogP contribution is 2.17. The third kappa shape index (κ3) is 2.94. The molecule has 0 fully saturated rings. The van der Waals surface area contributed by atoms with Crippen molar-refractivity contribution < 1.29 is 8.42 Å². The molecule has 0 amide bonds. The summed E-state index contributed by atoms with van der Waals surface area (Å²) in [6.45, 7) is 2.90. The highest BCUT2D eigenvalue weighted by Gasteiger charge is 2.18. The van der Waals surface area contributed by atoms with Crippen LogP contribution in [-0.2, 0) is 23.1 Å². The van der Waals surface area contributed by atoms with Crippen molar-refractivity contribution in [3.8, 4) is 0 Å². The third-order valence-electron chi connectivity index (χ3n) is 2.72. The number of aromatic nitrogens is 2. The van der Waals surface area contributed by atoms with E-state index in [9.17, 15) is 8.42 Å². The molecule has 0 saturated heterocycles. The van der Waals surface area contributed by atoms with E-state index in [2.05, 4.69) is 9.71 Å². The van der Waals surface area contributed by atoms with Crippen LogP contribution in [0.15, 0.2) is 41.6 Å². The average molecular weight is 280 g/mol. The van der Waals surface area contributed by atoms with Crippen molar-refractivity contribution in [2.45, 2.75) is 24.9 Å². The maximum atomic E-state index is 12.2. The molecular weight excluding hydrogens is 264 g/mol. The van der Waals surface area contributed by atoms with E-state index in [1.165, 1.54) is 6.20 Å². The summed E-state index contributed by atoms with van der Waals surface area (Å²) in [6.07, 6.45) is 3.11. The molecule has 0 aromatic carbocycles. The number of rotatable bonds is 5. The first-order valence-corrected chi connectivity index (χ1v) is 7.38. The van der Waals surface area contributed by atoms with Crippen LogP contribution in [0.2, 0.25) is 0 Å². The van der Waals surface area contributed by atoms with Gasteiger partial charge in [-0.1, -0.05) is 6.07 Å². The summed E-state index contributed by atoms with van der Waals surface area (Å²) in [6, 6.07) is 6.61. The molecule has 0 aliphatic rings. The van der Waals surface area contributed by atoms with E-state index >= 15 is 0 Å². The summed E-state index contributed by atoms with van der Waals surface area (Å²) in [7, 11) is -3.62. The number of anilines is 1. The van der Waals surface area contributed by atoms with E-state index in [0.29, 0.717) is 18.9 Å². The molecule has 2 aromatic heterocycles. The first kappa shape index (κ1) is 13.6. The monoisotopic (exact) mass is 280 g/mol. The van der Waals surface area contributed by atoms with Crippen LogP contribution in [-0.4, -0.2) is 18.0 Å². The zero-order valence-corrected chi connectivity index (χ0v) is 11.4. The lowest BCUT2D eigenvalue weighted by Crippen LogP contribution is -2.13. The number of hydrogen-bond acceptors (Lipinski definition) is 4. The van der Waals surface area contributed by atoms with Crippen LogP contribution in [0.25, 0.3) is 0 Å². The van der Waals surface area contributed by atoms with Crippen LogP contribution in [0, 0.1) is 0 Å². The van der Waals surface area contributed by atoms with Gasteiger partial charge in [0.25, 0.3) is 10.0 Å². The Balaban J connectivity index is 2.32. The van der Waals surface area contributed by atoms with Crippen molar-refractivity contribution >= 4 is 15.8 Å². The van der Waals surface area contributed by atoms with Gasteiger partial charge in [-0.15, -0.1) is 0 Å². The predicted octanol–water partition coefficient (Wildman–Crippen LogP) is 1.16. The van der Waals surface area contributed by atoms with Crippen molar-refractivity contribution in [3.63, 3.8) is 0 Å². The van der Waals surface area contributed by atoms with Gasteiger partial charge in [0.2, 0.25) is 0 Å². The number of pyridine rings is 1. The summed E-state index contributed by atoms with van der Waals surface area (Å²) >= 11 is 0. The average Bonchev–Trinajstić information content (AvgIpc) is 2.83. The molecule has 0 bridgehead atoms. The van der Waals surface area contributed by atoms with Crippen LogP contribution in [0.4, 0.5) is 5.82 Å². The molecule has 6 nitrogen and oxygen atoms in total. The Bertz CT molecular complexity index is 628. The molecule has 2 rings (SSSR count). The fourth-order valence-electron chi connectivity index (χ4n) is 1.76. The first-order chi connectivity index (χ1) is 9.06. The molecule has 3 N–H and O–H groups in total. The minimum atomic E-state index is -3.62. The van der Waals surface area contributed by atoms with Crippen LogP contribution in [0.3, 0.4) is 0 Å². The summed E-state index contributed by atoms with van der Waals surface area (Å²) in [5.41, 5.74) is 6.37. The molecule has 0 aliphatic heterocycles. The van der Waals surface area contributed by atoms with Crippen molar-refractivity contribution in [2.24, 2.45) is 5.73 Å². The van der Waals surface area contributed by atoms with Crippen molar-refractivity contribution in [3.05, 3.63) is 42.4 Å². The zero-order chi connectivity index (χ0) is 13.9. The van der Waals surface area contributed by atoms with E-state index in [-0.39, 0.29) is 4.90 Å². The molecule has 0 spiro atoms. The molecule has 0 aliphatic carbocycles. The molecule has 0 atom stereocenters. The summed E-state index contributed by atoms with van der Waals surface area (Å²) in [5.74, 6) is 0.293. The molecule has 0 unspecified atom stereocenters. The molecular formula is C12H16N4O2S. The lowest BCUT2D eigenvalue weighted by molar-refractivity contribution is 0.600. The lowest BCUT2D eigenvalue weighted by Gasteiger charge is -2.04. The molecule has 102 valence electrons. The normalized spacial score (nSPS) is 11.5. The van der Waals surface area contributed by atoms with Gasteiger partial charge in [0, 0.05) is 31.2 Å². The minimum absolute atomic E-state index is 0.195. The summed E-state index contributed by atoms with van der Waals surface area (Å²) < 4.78 is 28.6. The quantitative estimate of drug-likeness (QED) is 0.860. The van der Waals surface area contributed by atoms with Crippen LogP contribution in [0.1, 0.15) is 12.6 Å². The van der Waals surface area contributed by atoms with E-state index in [4.69, 9.17) is 5.73 Å². The Hall–Kier alpha value is -1.86.